The maximum Gasteiger partial charge on any atom is 0.573 e. The quantitative estimate of drug-likeness (QED) is 0.194. The molecule has 1 aromatic heterocycles. The maximum absolute atomic E-state index is 12.6. The Hall–Kier alpha value is -2.92. The van der Waals surface area contributed by atoms with E-state index in [0.717, 1.165) is 47.1 Å². The van der Waals surface area contributed by atoms with Gasteiger partial charge in [0.25, 0.3) is 0 Å². The molecule has 0 bridgehead atoms. The van der Waals surface area contributed by atoms with Crippen molar-refractivity contribution in [2.45, 2.75) is 44.5 Å². The molecule has 0 aliphatic carbocycles. The van der Waals surface area contributed by atoms with Crippen molar-refractivity contribution in [3.05, 3.63) is 95.6 Å². The van der Waals surface area contributed by atoms with Crippen LogP contribution >= 0.6 is 11.3 Å². The monoisotopic (exact) mass is 587 g/mol. The molecule has 5 rings (SSSR count). The summed E-state index contributed by atoms with van der Waals surface area (Å²) in [7, 11) is 0. The molecule has 0 amide bonds. The number of ether oxygens (including phenoxy) is 1. The van der Waals surface area contributed by atoms with Gasteiger partial charge in [0.05, 0.1) is 0 Å². The van der Waals surface area contributed by atoms with E-state index in [1.807, 2.05) is 49.4 Å². The van der Waals surface area contributed by atoms with E-state index in [-0.39, 0.29) is 18.3 Å². The smallest absolute Gasteiger partial charge is 0.573 e. The highest BCUT2D eigenvalue weighted by molar-refractivity contribution is 7.81. The molecule has 40 heavy (non-hydrogen) atoms. The number of nitrogens with zero attached hydrogens (tertiary/aromatic N) is 2. The van der Waals surface area contributed by atoms with E-state index in [4.69, 9.17) is 0 Å². The summed E-state index contributed by atoms with van der Waals surface area (Å²) in [5, 5.41) is 1.71. The number of fused-ring (bicyclic) bond motifs is 1. The minimum atomic E-state index is -4.76. The number of rotatable bonds is 9. The number of hydrogen-bond acceptors (Lipinski definition) is 5. The second-order valence-corrected chi connectivity index (χ2v) is 12.0. The fourth-order valence-electron chi connectivity index (χ4n) is 5.53. The molecule has 0 N–H and O–H groups in total. The van der Waals surface area contributed by atoms with Gasteiger partial charge in [-0.3, -0.25) is 13.4 Å². The number of alkyl halides is 3. The van der Waals surface area contributed by atoms with E-state index in [9.17, 15) is 21.9 Å². The van der Waals surface area contributed by atoms with Gasteiger partial charge in [-0.05, 0) is 85.5 Å². The minimum absolute atomic E-state index is 0.173. The molecule has 212 valence electrons. The van der Waals surface area contributed by atoms with Crippen molar-refractivity contribution in [1.82, 2.24) is 4.90 Å². The zero-order valence-electron chi connectivity index (χ0n) is 22.0. The van der Waals surface area contributed by atoms with Crippen LogP contribution in [0.2, 0.25) is 0 Å². The van der Waals surface area contributed by atoms with Crippen LogP contribution in [-0.2, 0) is 17.7 Å². The number of anilines is 1. The predicted molar refractivity (Wildman–Crippen MR) is 153 cm³/mol. The number of halogens is 3. The minimum Gasteiger partial charge on any atom is -0.755 e. The molecular weight excluding hydrogens is 557 g/mol. The Balaban J connectivity index is 1.39. The molecule has 1 fully saturated rings. The van der Waals surface area contributed by atoms with Crippen LogP contribution in [0.1, 0.15) is 35.4 Å². The third kappa shape index (κ3) is 6.86. The molecule has 3 aromatic carbocycles. The van der Waals surface area contributed by atoms with Crippen LogP contribution in [-0.4, -0.2) is 45.7 Å². The molecule has 5 nitrogen and oxygen atoms in total. The Morgan fingerprint density at radius 3 is 2.30 bits per heavy atom. The summed E-state index contributed by atoms with van der Waals surface area (Å²) in [4.78, 5) is 2.32. The Labute approximate surface area is 238 Å². The zero-order chi connectivity index (χ0) is 28.3. The average Bonchev–Trinajstić information content (AvgIpc) is 3.27. The summed E-state index contributed by atoms with van der Waals surface area (Å²) in [6.07, 6.45) is -2.38. The number of hydrogen-bond donors (Lipinski definition) is 0. The highest BCUT2D eigenvalue weighted by atomic mass is 32.2. The van der Waals surface area contributed by atoms with Crippen LogP contribution in [0.3, 0.4) is 0 Å². The summed E-state index contributed by atoms with van der Waals surface area (Å²) >= 11 is -1.05. The summed E-state index contributed by atoms with van der Waals surface area (Å²) in [6.45, 7) is 3.77. The van der Waals surface area contributed by atoms with E-state index in [1.54, 1.807) is 12.1 Å². The maximum atomic E-state index is 12.6. The summed E-state index contributed by atoms with van der Waals surface area (Å²) < 4.78 is 69.6. The molecular formula is C30H30F3N2O3S2-. The third-order valence-electron chi connectivity index (χ3n) is 7.55. The SMILES string of the molecule is Cc1c(N(CC(Cc2ccc(OC(F)(F)F)cc2)N2CCC(c3ccccc3)CC2)S(=O)[O-])sc2ccccc12. The van der Waals surface area contributed by atoms with Gasteiger partial charge in [0.1, 0.15) is 10.8 Å². The van der Waals surface area contributed by atoms with Crippen LogP contribution in [0, 0.1) is 6.92 Å². The molecule has 10 heteroatoms. The van der Waals surface area contributed by atoms with E-state index in [1.165, 1.54) is 33.3 Å². The second-order valence-electron chi connectivity index (χ2n) is 10.1. The lowest BCUT2D eigenvalue weighted by Crippen LogP contribution is -2.48. The Morgan fingerprint density at radius 1 is 1.02 bits per heavy atom. The number of piperidine rings is 1. The number of aryl methyl sites for hydroxylation is 1. The van der Waals surface area contributed by atoms with E-state index < -0.39 is 17.6 Å². The highest BCUT2D eigenvalue weighted by Gasteiger charge is 2.32. The van der Waals surface area contributed by atoms with Crippen LogP contribution in [0.4, 0.5) is 18.2 Å². The average molecular weight is 588 g/mol. The second kappa shape index (κ2) is 12.3. The molecule has 0 saturated carbocycles. The molecule has 1 saturated heterocycles. The Morgan fingerprint density at radius 2 is 1.68 bits per heavy atom. The molecule has 2 atom stereocenters. The Kier molecular flexibility index (Phi) is 8.80. The summed E-state index contributed by atoms with van der Waals surface area (Å²) in [6, 6.07) is 23.9. The fourth-order valence-corrected chi connectivity index (χ4v) is 7.52. The number of likely N-dealkylation sites (tertiary alicyclic amines) is 1. The predicted octanol–water partition coefficient (Wildman–Crippen LogP) is 7.20. The number of benzene rings is 3. The van der Waals surface area contributed by atoms with Crippen LogP contribution < -0.4 is 9.04 Å². The third-order valence-corrected chi connectivity index (χ3v) is 9.65. The van der Waals surface area contributed by atoms with Gasteiger partial charge in [0.2, 0.25) is 0 Å². The van der Waals surface area contributed by atoms with E-state index in [2.05, 4.69) is 21.8 Å². The standard InChI is InChI=1S/C30H31F3N2O3S2/c1-21-27-9-5-6-10-28(27)39-29(21)35(40(36)37)20-25(19-22-11-13-26(14-12-22)38-30(31,32)33)34-17-15-24(16-18-34)23-7-3-2-4-8-23/h2-14,24-25H,15-20H2,1H3,(H,36,37)/p-1. The topological polar surface area (TPSA) is 55.8 Å². The van der Waals surface area contributed by atoms with Crippen molar-refractivity contribution < 1.29 is 26.7 Å². The van der Waals surface area contributed by atoms with Crippen molar-refractivity contribution in [2.75, 3.05) is 23.9 Å². The summed E-state index contributed by atoms with van der Waals surface area (Å²) in [5.74, 6) is 0.158. The lowest BCUT2D eigenvalue weighted by atomic mass is 9.88. The molecule has 1 aliphatic rings. The number of thiophene rings is 1. The van der Waals surface area contributed by atoms with Crippen LogP contribution in [0.25, 0.3) is 10.1 Å². The van der Waals surface area contributed by atoms with E-state index in [0.29, 0.717) is 17.3 Å². The van der Waals surface area contributed by atoms with Crippen molar-refractivity contribution in [2.24, 2.45) is 0 Å². The van der Waals surface area contributed by atoms with Crippen molar-refractivity contribution in [3.63, 3.8) is 0 Å². The molecule has 4 aromatic rings. The van der Waals surface area contributed by atoms with Gasteiger partial charge in [-0.1, -0.05) is 60.7 Å². The molecule has 0 radical (unpaired) electrons. The van der Waals surface area contributed by atoms with Gasteiger partial charge in [0, 0.05) is 28.6 Å². The molecule has 1 aliphatic heterocycles. The van der Waals surface area contributed by atoms with Crippen molar-refractivity contribution >= 4 is 37.7 Å². The first kappa shape index (κ1) is 28.6. The first-order valence-electron chi connectivity index (χ1n) is 13.2. The fraction of sp³-hybridized carbons (Fsp3) is 0.333. The van der Waals surface area contributed by atoms with Gasteiger partial charge >= 0.3 is 6.36 Å². The first-order chi connectivity index (χ1) is 19.2. The van der Waals surface area contributed by atoms with Gasteiger partial charge < -0.3 is 9.29 Å². The normalized spacial score (nSPS) is 16.6. The van der Waals surface area contributed by atoms with Crippen molar-refractivity contribution in [1.29, 1.82) is 0 Å². The highest BCUT2D eigenvalue weighted by Crippen LogP contribution is 2.39. The lowest BCUT2D eigenvalue weighted by Gasteiger charge is -2.40. The van der Waals surface area contributed by atoms with Gasteiger partial charge in [0.15, 0.2) is 0 Å². The molecule has 2 heterocycles. The largest absolute Gasteiger partial charge is 0.755 e. The zero-order valence-corrected chi connectivity index (χ0v) is 23.6. The Bertz CT molecular complexity index is 1440. The van der Waals surface area contributed by atoms with Crippen molar-refractivity contribution in [3.8, 4) is 5.75 Å². The van der Waals surface area contributed by atoms with Gasteiger partial charge in [-0.25, -0.2) is 0 Å². The van der Waals surface area contributed by atoms with Gasteiger partial charge in [-0.2, -0.15) is 0 Å². The molecule has 0 spiro atoms. The summed E-state index contributed by atoms with van der Waals surface area (Å²) in [5.41, 5.74) is 3.04. The lowest BCUT2D eigenvalue weighted by molar-refractivity contribution is -0.274. The van der Waals surface area contributed by atoms with Crippen LogP contribution in [0.15, 0.2) is 78.9 Å². The first-order valence-corrected chi connectivity index (χ1v) is 15.0. The van der Waals surface area contributed by atoms with E-state index >= 15 is 0 Å². The molecule has 2 unspecified atom stereocenters. The van der Waals surface area contributed by atoms with Gasteiger partial charge in [-0.15, -0.1) is 24.5 Å². The van der Waals surface area contributed by atoms with Crippen LogP contribution in [0.5, 0.6) is 5.75 Å².